The van der Waals surface area contributed by atoms with E-state index in [4.69, 9.17) is 9.47 Å². The fraction of sp³-hybridized carbons (Fsp3) is 0.355. The highest BCUT2D eigenvalue weighted by molar-refractivity contribution is 5.89. The van der Waals surface area contributed by atoms with Gasteiger partial charge in [0.05, 0.1) is 0 Å². The number of hydrogen-bond donors (Lipinski definition) is 1. The molecule has 2 aromatic carbocycles. The van der Waals surface area contributed by atoms with Gasteiger partial charge in [0.1, 0.15) is 12.6 Å². The van der Waals surface area contributed by atoms with Crippen LogP contribution in [0, 0.1) is 6.92 Å². The highest BCUT2D eigenvalue weighted by Gasteiger charge is 2.34. The van der Waals surface area contributed by atoms with Gasteiger partial charge in [-0.25, -0.2) is 0 Å². The fourth-order valence-corrected chi connectivity index (χ4v) is 5.45. The number of rotatable bonds is 9. The van der Waals surface area contributed by atoms with Gasteiger partial charge >= 0.3 is 0 Å². The summed E-state index contributed by atoms with van der Waals surface area (Å²) < 4.78 is 11.0. The van der Waals surface area contributed by atoms with Crippen molar-refractivity contribution in [2.45, 2.75) is 64.2 Å². The Morgan fingerprint density at radius 1 is 1.00 bits per heavy atom. The molecule has 1 fully saturated rings. The van der Waals surface area contributed by atoms with Crippen LogP contribution in [0.4, 0.5) is 0 Å². The molecule has 3 heterocycles. The van der Waals surface area contributed by atoms with Gasteiger partial charge in [0.25, 0.3) is 0 Å². The van der Waals surface area contributed by atoms with Crippen LogP contribution >= 0.6 is 0 Å². The van der Waals surface area contributed by atoms with Crippen molar-refractivity contribution in [2.75, 3.05) is 6.79 Å². The van der Waals surface area contributed by atoms with Gasteiger partial charge in [0, 0.05) is 30.5 Å². The number of nitrogens with one attached hydrogen (secondary N) is 1. The Labute approximate surface area is 243 Å². The topological polar surface area (TPSA) is 124 Å². The zero-order chi connectivity index (χ0) is 28.9. The monoisotopic (exact) mass is 567 g/mol. The maximum absolute atomic E-state index is 14.1. The second-order valence-corrected chi connectivity index (χ2v) is 10.7. The summed E-state index contributed by atoms with van der Waals surface area (Å²) in [5.41, 5.74) is 3.38. The number of nitrogens with zero attached hydrogens (tertiary/aromatic N) is 6. The predicted molar refractivity (Wildman–Crippen MR) is 153 cm³/mol. The molecule has 0 spiro atoms. The molecule has 4 aromatic rings. The molecular formula is C31H33N7O4. The summed E-state index contributed by atoms with van der Waals surface area (Å²) in [6.07, 6.45) is 8.44. The Hall–Kier alpha value is -4.80. The number of aromatic nitrogens is 5. The summed E-state index contributed by atoms with van der Waals surface area (Å²) >= 11 is 0. The van der Waals surface area contributed by atoms with Crippen molar-refractivity contribution in [3.05, 3.63) is 83.7 Å². The molecule has 1 aliphatic carbocycles. The molecule has 0 radical (unpaired) electrons. The molecule has 6 rings (SSSR count). The number of pyridine rings is 1. The van der Waals surface area contributed by atoms with E-state index in [0.717, 1.165) is 42.4 Å². The van der Waals surface area contributed by atoms with Gasteiger partial charge in [-0.15, -0.1) is 10.2 Å². The van der Waals surface area contributed by atoms with Gasteiger partial charge in [-0.1, -0.05) is 55.2 Å². The lowest BCUT2D eigenvalue weighted by molar-refractivity contribution is -0.142. The van der Waals surface area contributed by atoms with E-state index in [9.17, 15) is 9.59 Å². The van der Waals surface area contributed by atoms with Crippen molar-refractivity contribution in [3.63, 3.8) is 0 Å². The molecule has 0 bridgehead atoms. The van der Waals surface area contributed by atoms with Gasteiger partial charge in [0.2, 0.25) is 24.4 Å². The second-order valence-electron chi connectivity index (χ2n) is 10.7. The van der Waals surface area contributed by atoms with Gasteiger partial charge in [-0.05, 0) is 60.4 Å². The van der Waals surface area contributed by atoms with Crippen molar-refractivity contribution in [1.82, 2.24) is 35.4 Å². The van der Waals surface area contributed by atoms with Crippen LogP contribution in [0.15, 0.2) is 67.0 Å². The molecule has 2 aromatic heterocycles. The number of hydrogen-bond acceptors (Lipinski definition) is 8. The minimum Gasteiger partial charge on any atom is -0.454 e. The molecule has 1 N–H and O–H groups in total. The first kappa shape index (κ1) is 27.4. The third-order valence-electron chi connectivity index (χ3n) is 7.68. The van der Waals surface area contributed by atoms with Gasteiger partial charge in [0.15, 0.2) is 11.5 Å². The van der Waals surface area contributed by atoms with E-state index < -0.39 is 6.04 Å². The van der Waals surface area contributed by atoms with E-state index in [1.165, 1.54) is 11.2 Å². The van der Waals surface area contributed by atoms with Crippen molar-refractivity contribution in [2.24, 2.45) is 0 Å². The largest absolute Gasteiger partial charge is 0.454 e. The van der Waals surface area contributed by atoms with Crippen LogP contribution in [0.1, 0.15) is 54.8 Å². The minimum absolute atomic E-state index is 0.0760. The average molecular weight is 568 g/mol. The standard InChI is InChI=1S/C31H33N7O4/c1-21-7-10-24(11-8-21)30-34-36-38(35-30)19-28(39)37(18-22-9-12-26-27(17-22)42-20-41-26)29(23-13-15-32-16-14-23)31(40)33-25-5-3-2-4-6-25/h7-17,25,29H,2-6,18-20H2,1H3,(H,33,40). The van der Waals surface area contributed by atoms with Crippen molar-refractivity contribution < 1.29 is 19.1 Å². The Morgan fingerprint density at radius 2 is 1.76 bits per heavy atom. The molecule has 42 heavy (non-hydrogen) atoms. The van der Waals surface area contributed by atoms with Crippen LogP contribution in [0.5, 0.6) is 11.5 Å². The predicted octanol–water partition coefficient (Wildman–Crippen LogP) is 3.99. The summed E-state index contributed by atoms with van der Waals surface area (Å²) in [6.45, 7) is 2.11. The maximum atomic E-state index is 14.1. The fourth-order valence-electron chi connectivity index (χ4n) is 5.45. The van der Waals surface area contributed by atoms with E-state index in [0.29, 0.717) is 22.9 Å². The number of ether oxygens (including phenoxy) is 2. The SMILES string of the molecule is Cc1ccc(-c2nnn(CC(=O)N(Cc3ccc4c(c3)OCO4)C(C(=O)NC3CCCCC3)c3ccncc3)n2)cc1. The Balaban J connectivity index is 1.31. The van der Waals surface area contributed by atoms with Crippen molar-refractivity contribution in [1.29, 1.82) is 0 Å². The third kappa shape index (κ3) is 6.24. The van der Waals surface area contributed by atoms with E-state index >= 15 is 0 Å². The summed E-state index contributed by atoms with van der Waals surface area (Å²) in [4.78, 5) is 35.1. The summed E-state index contributed by atoms with van der Waals surface area (Å²) in [7, 11) is 0. The summed E-state index contributed by atoms with van der Waals surface area (Å²) in [6, 6.07) is 16.0. The highest BCUT2D eigenvalue weighted by atomic mass is 16.7. The molecule has 11 heteroatoms. The molecule has 2 aliphatic rings. The third-order valence-corrected chi connectivity index (χ3v) is 7.68. The van der Waals surface area contributed by atoms with Crippen molar-refractivity contribution in [3.8, 4) is 22.9 Å². The number of carbonyl (C=O) groups is 2. The maximum Gasteiger partial charge on any atom is 0.247 e. The second kappa shape index (κ2) is 12.4. The molecule has 0 saturated heterocycles. The lowest BCUT2D eigenvalue weighted by Gasteiger charge is -2.33. The Kier molecular flexibility index (Phi) is 8.07. The summed E-state index contributed by atoms with van der Waals surface area (Å²) in [5.74, 6) is 1.11. The first-order valence-electron chi connectivity index (χ1n) is 14.3. The van der Waals surface area contributed by atoms with Gasteiger partial charge in [-0.3, -0.25) is 14.6 Å². The van der Waals surface area contributed by atoms with Gasteiger partial charge in [-0.2, -0.15) is 4.80 Å². The first-order chi connectivity index (χ1) is 20.5. The number of amides is 2. The summed E-state index contributed by atoms with van der Waals surface area (Å²) in [5, 5.41) is 16.0. The number of fused-ring (bicyclic) bond motifs is 1. The lowest BCUT2D eigenvalue weighted by atomic mass is 9.94. The zero-order valence-corrected chi connectivity index (χ0v) is 23.5. The number of carbonyl (C=O) groups excluding carboxylic acids is 2. The Morgan fingerprint density at radius 3 is 2.55 bits per heavy atom. The van der Waals surface area contributed by atoms with Crippen LogP contribution in [0.3, 0.4) is 0 Å². The molecule has 11 nitrogen and oxygen atoms in total. The van der Waals surface area contributed by atoms with Crippen molar-refractivity contribution >= 4 is 11.8 Å². The smallest absolute Gasteiger partial charge is 0.247 e. The van der Waals surface area contributed by atoms with Crippen LogP contribution in [-0.4, -0.2) is 54.7 Å². The molecule has 1 aliphatic heterocycles. The number of tetrazole rings is 1. The molecule has 1 saturated carbocycles. The van der Waals surface area contributed by atoms with Gasteiger partial charge < -0.3 is 19.7 Å². The molecular weight excluding hydrogens is 534 g/mol. The first-order valence-corrected chi connectivity index (χ1v) is 14.3. The molecule has 216 valence electrons. The van der Waals surface area contributed by atoms with Crippen LogP contribution in [0.25, 0.3) is 11.4 Å². The molecule has 1 atom stereocenters. The minimum atomic E-state index is -0.895. The van der Waals surface area contributed by atoms with Crippen LogP contribution < -0.4 is 14.8 Å². The molecule has 1 unspecified atom stereocenters. The lowest BCUT2D eigenvalue weighted by Crippen LogP contribution is -2.47. The Bertz CT molecular complexity index is 1530. The van der Waals surface area contributed by atoms with E-state index in [1.807, 2.05) is 49.4 Å². The van der Waals surface area contributed by atoms with Crippen LogP contribution in [0.2, 0.25) is 0 Å². The van der Waals surface area contributed by atoms with E-state index in [-0.39, 0.29) is 37.7 Å². The molecule has 2 amide bonds. The van der Waals surface area contributed by atoms with Crippen LogP contribution in [-0.2, 0) is 22.7 Å². The quantitative estimate of drug-likeness (QED) is 0.322. The average Bonchev–Trinajstić information content (AvgIpc) is 3.68. The number of benzene rings is 2. The van der Waals surface area contributed by atoms with E-state index in [1.54, 1.807) is 29.4 Å². The van der Waals surface area contributed by atoms with E-state index in [2.05, 4.69) is 25.7 Å². The highest BCUT2D eigenvalue weighted by Crippen LogP contribution is 2.34. The number of aryl methyl sites for hydroxylation is 1. The normalized spacial score (nSPS) is 15.3. The zero-order valence-electron chi connectivity index (χ0n) is 23.5.